The Kier molecular flexibility index (Phi) is 14.8. The number of nitrogens with zero attached hydrogens (tertiary/aromatic N) is 3. The number of aliphatic carboxylic acids is 1. The van der Waals surface area contributed by atoms with Gasteiger partial charge in [-0.1, -0.05) is 40.7 Å². The van der Waals surface area contributed by atoms with Gasteiger partial charge in [0.05, 0.1) is 34.9 Å². The number of hydrogen-bond donors (Lipinski definition) is 3. The first-order valence-electron chi connectivity index (χ1n) is 19.5. The van der Waals surface area contributed by atoms with Crippen molar-refractivity contribution in [2.24, 2.45) is 17.3 Å². The van der Waals surface area contributed by atoms with Crippen molar-refractivity contribution < 1.29 is 72.8 Å². The van der Waals surface area contributed by atoms with Gasteiger partial charge in [0.1, 0.15) is 41.5 Å². The van der Waals surface area contributed by atoms with E-state index < -0.39 is 59.4 Å². The van der Waals surface area contributed by atoms with E-state index in [9.17, 15) is 29.1 Å². The Morgan fingerprint density at radius 2 is 1.81 bits per heavy atom. The topological polar surface area (TPSA) is 201 Å². The zero-order valence-corrected chi connectivity index (χ0v) is 38.9. The second-order valence-corrected chi connectivity index (χ2v) is 18.3. The van der Waals surface area contributed by atoms with Gasteiger partial charge in [0.15, 0.2) is 5.13 Å². The molecule has 2 aromatic heterocycles. The van der Waals surface area contributed by atoms with Crippen LogP contribution in [0.1, 0.15) is 79.6 Å². The molecule has 3 aromatic rings. The molecule has 5 atom stereocenters. The SMILES string of the molecule is C=C[C@@H]1C[C@@]1(CC(=O)[O-])NC(=O)[C@H]1C[C@@H](Oc2cc(-c3csc(NC(=O)C(C)C)n3)nc3c(Br)c(OC)ccc23)CN1C(=O)C(NC(=O)OC1CCCC1)C(C)(C)C.[Na+]. The number of pyridine rings is 1. The third-order valence-corrected chi connectivity index (χ3v) is 12.5. The molecule has 59 heavy (non-hydrogen) atoms. The number of thiazole rings is 1. The number of amides is 4. The van der Waals surface area contributed by atoms with Gasteiger partial charge in [0.2, 0.25) is 17.7 Å². The minimum atomic E-state index is -1.32. The third-order valence-electron chi connectivity index (χ3n) is 10.9. The number of halogens is 1. The summed E-state index contributed by atoms with van der Waals surface area (Å²) in [6.07, 6.45) is 3.32. The average Bonchev–Trinajstić information content (AvgIpc) is 3.62. The minimum Gasteiger partial charge on any atom is -0.550 e. The summed E-state index contributed by atoms with van der Waals surface area (Å²) in [4.78, 5) is 77.2. The van der Waals surface area contributed by atoms with Gasteiger partial charge in [0, 0.05) is 47.5 Å². The van der Waals surface area contributed by atoms with Crippen molar-refractivity contribution in [2.75, 3.05) is 19.0 Å². The Balaban J connectivity index is 0.00000661. The second-order valence-electron chi connectivity index (χ2n) is 16.6. The fraction of sp³-hybridized carbons (Fsp3) is 0.537. The predicted molar refractivity (Wildman–Crippen MR) is 219 cm³/mol. The Morgan fingerprint density at radius 1 is 1.10 bits per heavy atom. The van der Waals surface area contributed by atoms with E-state index >= 15 is 0 Å². The van der Waals surface area contributed by atoms with Gasteiger partial charge in [-0.25, -0.2) is 14.8 Å². The van der Waals surface area contributed by atoms with Crippen molar-refractivity contribution in [3.63, 3.8) is 0 Å². The summed E-state index contributed by atoms with van der Waals surface area (Å²) in [7, 11) is 1.54. The van der Waals surface area contributed by atoms with E-state index in [1.807, 2.05) is 20.8 Å². The molecule has 0 radical (unpaired) electrons. The number of ether oxygens (including phenoxy) is 3. The molecule has 18 heteroatoms. The molecule has 1 unspecified atom stereocenters. The van der Waals surface area contributed by atoms with Gasteiger partial charge in [-0.3, -0.25) is 14.4 Å². The molecule has 6 rings (SSSR count). The number of nitrogens with one attached hydrogen (secondary N) is 3. The van der Waals surface area contributed by atoms with E-state index in [1.165, 1.54) is 23.3 Å². The molecular weight excluding hydrogens is 855 g/mol. The molecule has 3 heterocycles. The summed E-state index contributed by atoms with van der Waals surface area (Å²) >= 11 is 4.88. The summed E-state index contributed by atoms with van der Waals surface area (Å²) < 4.78 is 18.5. The number of carbonyl (C=O) groups is 5. The maximum absolute atomic E-state index is 14.7. The number of benzene rings is 1. The van der Waals surface area contributed by atoms with Gasteiger partial charge in [-0.2, -0.15) is 0 Å². The normalized spacial score (nSPS) is 22.0. The van der Waals surface area contributed by atoms with Crippen LogP contribution in [-0.4, -0.2) is 88.1 Å². The Bertz CT molecular complexity index is 2100. The molecule has 1 aliphatic heterocycles. The number of anilines is 1. The quantitative estimate of drug-likeness (QED) is 0.159. The largest absolute Gasteiger partial charge is 1.00 e. The van der Waals surface area contributed by atoms with Crippen molar-refractivity contribution in [3.05, 3.63) is 40.7 Å². The fourth-order valence-corrected chi connectivity index (χ4v) is 8.90. The molecule has 3 N–H and O–H groups in total. The summed E-state index contributed by atoms with van der Waals surface area (Å²) in [6, 6.07) is 3.10. The van der Waals surface area contributed by atoms with Crippen molar-refractivity contribution in [3.8, 4) is 22.9 Å². The zero-order chi connectivity index (χ0) is 42.1. The predicted octanol–water partition coefficient (Wildman–Crippen LogP) is 2.36. The van der Waals surface area contributed by atoms with Gasteiger partial charge in [0.25, 0.3) is 0 Å². The molecule has 2 aliphatic carbocycles. The van der Waals surface area contributed by atoms with Gasteiger partial charge < -0.3 is 45.0 Å². The third kappa shape index (κ3) is 10.6. The molecular formula is C41H50BrN6NaO9S. The Labute approximate surface area is 378 Å². The van der Waals surface area contributed by atoms with E-state index in [0.717, 1.165) is 25.7 Å². The van der Waals surface area contributed by atoms with E-state index in [4.69, 9.17) is 19.2 Å². The van der Waals surface area contributed by atoms with E-state index in [2.05, 4.69) is 43.4 Å². The molecule has 1 aromatic carbocycles. The van der Waals surface area contributed by atoms with Crippen LogP contribution in [0.25, 0.3) is 22.3 Å². The van der Waals surface area contributed by atoms with Gasteiger partial charge >= 0.3 is 35.7 Å². The number of likely N-dealkylation sites (tertiary alicyclic amines) is 1. The number of carboxylic acid groups (broad SMARTS) is 1. The number of hydrogen-bond acceptors (Lipinski definition) is 12. The molecule has 15 nitrogen and oxygen atoms in total. The number of carboxylic acids is 1. The molecule has 1 saturated heterocycles. The summed E-state index contributed by atoms with van der Waals surface area (Å²) in [6.45, 7) is 12.8. The number of carbonyl (C=O) groups excluding carboxylic acids is 5. The van der Waals surface area contributed by atoms with Crippen LogP contribution in [0.15, 0.2) is 40.7 Å². The molecule has 3 fully saturated rings. The van der Waals surface area contributed by atoms with Crippen LogP contribution in [0.3, 0.4) is 0 Å². The van der Waals surface area contributed by atoms with Crippen molar-refractivity contribution >= 4 is 73.1 Å². The van der Waals surface area contributed by atoms with Crippen LogP contribution in [0.5, 0.6) is 11.5 Å². The molecule has 2 saturated carbocycles. The number of fused-ring (bicyclic) bond motifs is 1. The van der Waals surface area contributed by atoms with Gasteiger partial charge in [-0.05, 0) is 65.6 Å². The average molecular weight is 906 g/mol. The fourth-order valence-electron chi connectivity index (χ4n) is 7.59. The Morgan fingerprint density at radius 3 is 2.42 bits per heavy atom. The van der Waals surface area contributed by atoms with E-state index in [-0.39, 0.29) is 66.4 Å². The van der Waals surface area contributed by atoms with E-state index in [0.29, 0.717) is 49.8 Å². The van der Waals surface area contributed by atoms with Crippen LogP contribution >= 0.6 is 27.3 Å². The molecule has 3 aliphatic rings. The summed E-state index contributed by atoms with van der Waals surface area (Å²) in [5, 5.41) is 23.1. The number of methoxy groups -OCH3 is 1. The van der Waals surface area contributed by atoms with E-state index in [1.54, 1.807) is 43.5 Å². The molecule has 0 spiro atoms. The smallest absolute Gasteiger partial charge is 0.550 e. The molecule has 312 valence electrons. The van der Waals surface area contributed by atoms with Crippen LogP contribution in [0.4, 0.5) is 9.93 Å². The molecule has 4 amide bonds. The summed E-state index contributed by atoms with van der Waals surface area (Å²) in [5.74, 6) is -2.19. The molecule has 0 bridgehead atoms. The maximum Gasteiger partial charge on any atom is 1.00 e. The number of alkyl carbamates (subject to hydrolysis) is 1. The first-order valence-corrected chi connectivity index (χ1v) is 21.1. The first-order chi connectivity index (χ1) is 27.4. The van der Waals surface area contributed by atoms with Crippen LogP contribution < -0.4 is 60.1 Å². The zero-order valence-electron chi connectivity index (χ0n) is 34.5. The number of aromatic nitrogens is 2. The van der Waals surface area contributed by atoms with Crippen molar-refractivity contribution in [2.45, 2.75) is 109 Å². The number of rotatable bonds is 14. The van der Waals surface area contributed by atoms with Crippen molar-refractivity contribution in [1.29, 1.82) is 0 Å². The first kappa shape index (κ1) is 46.3. The van der Waals surface area contributed by atoms with Crippen LogP contribution in [-0.2, 0) is 23.9 Å². The van der Waals surface area contributed by atoms with Crippen molar-refractivity contribution in [1.82, 2.24) is 25.5 Å². The standard InChI is InChI=1S/C41H51BrN6O9S.Na/c1-8-22-17-41(22,18-31(49)50)47-36(52)28-15-24(19-48(28)37(53)34(40(4,5)6)45-39(54)57-23-11-9-10-12-23)56-30-16-26(27-20-58-38(44-27)46-35(51)21(2)3)43-33-25(30)13-14-29(55-7)32(33)42;/h8,13-14,16,20-24,28,34H,1,9-12,15,17-19H2,2-7H3,(H,45,54)(H,47,52)(H,49,50)(H,44,46,51);/q;+1/p-1/t22-,24-,28-,34?,41+;/m1./s1. The monoisotopic (exact) mass is 904 g/mol. The van der Waals surface area contributed by atoms with Crippen LogP contribution in [0.2, 0.25) is 0 Å². The second kappa shape index (κ2) is 18.9. The summed E-state index contributed by atoms with van der Waals surface area (Å²) in [5.41, 5.74) is -0.479. The Hall–Kier alpha value is -3.77. The maximum atomic E-state index is 14.7. The van der Waals surface area contributed by atoms with Gasteiger partial charge in [-0.15, -0.1) is 17.9 Å². The van der Waals surface area contributed by atoms with Crippen LogP contribution in [0, 0.1) is 17.3 Å². The minimum absolute atomic E-state index is 0.